The summed E-state index contributed by atoms with van der Waals surface area (Å²) in [5.74, 6) is -1.13. The Labute approximate surface area is 155 Å². The van der Waals surface area contributed by atoms with Crippen LogP contribution in [0.4, 0.5) is 15.8 Å². The molecule has 0 atom stereocenters. The lowest BCUT2D eigenvalue weighted by Gasteiger charge is -2.17. The number of rotatable bonds is 7. The normalized spacial score (nSPS) is 13.4. The Bertz CT molecular complexity index is 837. The molecule has 1 aliphatic rings. The van der Waals surface area contributed by atoms with Crippen LogP contribution in [0.25, 0.3) is 0 Å². The number of ether oxygens (including phenoxy) is 2. The van der Waals surface area contributed by atoms with Gasteiger partial charge in [-0.15, -0.1) is 0 Å². The monoisotopic (exact) mass is 374 g/mol. The first-order valence-corrected chi connectivity index (χ1v) is 8.64. The number of nitro benzene ring substituents is 1. The molecule has 2 aromatic rings. The van der Waals surface area contributed by atoms with Gasteiger partial charge in [-0.3, -0.25) is 10.1 Å². The Morgan fingerprint density at radius 3 is 2.59 bits per heavy atom. The molecule has 0 saturated carbocycles. The standard InChI is InChI=1S/C19H19FN2O5/c20-15-5-1-2-6-18(15)26-11-12-27-19(23)14-7-8-16(17(13-14)22(24)25)21-9-3-4-10-21/h1-2,5-8,13H,3-4,9-12H2. The summed E-state index contributed by atoms with van der Waals surface area (Å²) in [6.07, 6.45) is 1.98. The first-order valence-electron chi connectivity index (χ1n) is 8.64. The van der Waals surface area contributed by atoms with Gasteiger partial charge >= 0.3 is 5.97 Å². The molecular weight excluding hydrogens is 355 g/mol. The predicted molar refractivity (Wildman–Crippen MR) is 96.7 cm³/mol. The molecule has 3 rings (SSSR count). The largest absolute Gasteiger partial charge is 0.487 e. The highest BCUT2D eigenvalue weighted by Crippen LogP contribution is 2.31. The summed E-state index contributed by atoms with van der Waals surface area (Å²) in [6, 6.07) is 10.2. The van der Waals surface area contributed by atoms with E-state index in [0.717, 1.165) is 25.9 Å². The van der Waals surface area contributed by atoms with E-state index in [0.29, 0.717) is 5.69 Å². The molecule has 0 bridgehead atoms. The van der Waals surface area contributed by atoms with Gasteiger partial charge in [-0.25, -0.2) is 9.18 Å². The van der Waals surface area contributed by atoms with Crippen molar-refractivity contribution in [2.75, 3.05) is 31.2 Å². The average Bonchev–Trinajstić information content (AvgIpc) is 3.20. The summed E-state index contributed by atoms with van der Waals surface area (Å²) in [5, 5.41) is 11.4. The maximum Gasteiger partial charge on any atom is 0.338 e. The molecule has 0 unspecified atom stereocenters. The number of hydrogen-bond acceptors (Lipinski definition) is 6. The Balaban J connectivity index is 1.60. The van der Waals surface area contributed by atoms with E-state index in [1.807, 2.05) is 4.90 Å². The van der Waals surface area contributed by atoms with Crippen molar-refractivity contribution in [3.8, 4) is 5.75 Å². The van der Waals surface area contributed by atoms with E-state index >= 15 is 0 Å². The number of anilines is 1. The van der Waals surface area contributed by atoms with Gasteiger partial charge in [0.05, 0.1) is 10.5 Å². The fourth-order valence-corrected chi connectivity index (χ4v) is 2.95. The third-order valence-corrected chi connectivity index (χ3v) is 4.27. The molecule has 0 spiro atoms. The molecule has 0 aromatic heterocycles. The molecule has 1 fully saturated rings. The van der Waals surface area contributed by atoms with Gasteiger partial charge in [0.2, 0.25) is 0 Å². The van der Waals surface area contributed by atoms with Gasteiger partial charge in [0.25, 0.3) is 5.69 Å². The summed E-state index contributed by atoms with van der Waals surface area (Å²) in [4.78, 5) is 25.0. The van der Waals surface area contributed by atoms with Gasteiger partial charge in [0.15, 0.2) is 11.6 Å². The summed E-state index contributed by atoms with van der Waals surface area (Å²) >= 11 is 0. The van der Waals surface area contributed by atoms with Crippen LogP contribution in [0.15, 0.2) is 42.5 Å². The first-order chi connectivity index (χ1) is 13.1. The van der Waals surface area contributed by atoms with Crippen LogP contribution in [0.5, 0.6) is 5.75 Å². The van der Waals surface area contributed by atoms with E-state index in [1.54, 1.807) is 18.2 Å². The minimum Gasteiger partial charge on any atom is -0.487 e. The van der Waals surface area contributed by atoms with Crippen LogP contribution < -0.4 is 9.64 Å². The molecule has 2 aromatic carbocycles. The third kappa shape index (κ3) is 4.52. The van der Waals surface area contributed by atoms with Crippen molar-refractivity contribution in [1.29, 1.82) is 0 Å². The second kappa shape index (κ2) is 8.48. The predicted octanol–water partition coefficient (Wildman–Crippen LogP) is 3.57. The molecule has 142 valence electrons. The lowest BCUT2D eigenvalue weighted by atomic mass is 10.1. The lowest BCUT2D eigenvalue weighted by Crippen LogP contribution is -2.19. The fourth-order valence-electron chi connectivity index (χ4n) is 2.95. The van der Waals surface area contributed by atoms with Crippen LogP contribution >= 0.6 is 0 Å². The van der Waals surface area contributed by atoms with Gasteiger partial charge in [-0.1, -0.05) is 12.1 Å². The van der Waals surface area contributed by atoms with Crippen molar-refractivity contribution in [2.45, 2.75) is 12.8 Å². The topological polar surface area (TPSA) is 81.9 Å². The van der Waals surface area contributed by atoms with E-state index in [4.69, 9.17) is 9.47 Å². The number of halogens is 1. The summed E-state index contributed by atoms with van der Waals surface area (Å²) in [7, 11) is 0. The van der Waals surface area contributed by atoms with E-state index < -0.39 is 16.7 Å². The van der Waals surface area contributed by atoms with E-state index in [2.05, 4.69) is 0 Å². The molecule has 0 amide bonds. The fraction of sp³-hybridized carbons (Fsp3) is 0.316. The third-order valence-electron chi connectivity index (χ3n) is 4.27. The quantitative estimate of drug-likeness (QED) is 0.319. The maximum absolute atomic E-state index is 13.4. The highest BCUT2D eigenvalue weighted by atomic mass is 19.1. The Morgan fingerprint density at radius 2 is 1.89 bits per heavy atom. The van der Waals surface area contributed by atoms with Crippen molar-refractivity contribution in [1.82, 2.24) is 0 Å². The summed E-state index contributed by atoms with van der Waals surface area (Å²) in [5.41, 5.74) is 0.487. The average molecular weight is 374 g/mol. The second-order valence-corrected chi connectivity index (χ2v) is 6.07. The van der Waals surface area contributed by atoms with Gasteiger partial charge in [0, 0.05) is 19.2 Å². The van der Waals surface area contributed by atoms with E-state index in [-0.39, 0.29) is 30.2 Å². The first kappa shape index (κ1) is 18.6. The number of carbonyl (C=O) groups is 1. The molecule has 1 aliphatic heterocycles. The lowest BCUT2D eigenvalue weighted by molar-refractivity contribution is -0.384. The zero-order chi connectivity index (χ0) is 19.2. The van der Waals surface area contributed by atoms with Gasteiger partial charge in [-0.05, 0) is 37.1 Å². The SMILES string of the molecule is O=C(OCCOc1ccccc1F)c1ccc(N2CCCC2)c([N+](=O)[O-])c1. The summed E-state index contributed by atoms with van der Waals surface area (Å²) in [6.45, 7) is 1.39. The Kier molecular flexibility index (Phi) is 5.85. The zero-order valence-electron chi connectivity index (χ0n) is 14.6. The van der Waals surface area contributed by atoms with Crippen molar-refractivity contribution in [2.24, 2.45) is 0 Å². The molecule has 0 N–H and O–H groups in total. The molecule has 1 saturated heterocycles. The van der Waals surface area contributed by atoms with Crippen molar-refractivity contribution < 1.29 is 23.6 Å². The smallest absolute Gasteiger partial charge is 0.338 e. The summed E-state index contributed by atoms with van der Waals surface area (Å²) < 4.78 is 23.7. The van der Waals surface area contributed by atoms with Crippen LogP contribution in [-0.4, -0.2) is 37.2 Å². The molecule has 8 heteroatoms. The second-order valence-electron chi connectivity index (χ2n) is 6.07. The highest BCUT2D eigenvalue weighted by molar-refractivity contribution is 5.91. The molecule has 1 heterocycles. The van der Waals surface area contributed by atoms with Crippen LogP contribution in [0.3, 0.4) is 0 Å². The van der Waals surface area contributed by atoms with Gasteiger partial charge in [0.1, 0.15) is 18.9 Å². The zero-order valence-corrected chi connectivity index (χ0v) is 14.6. The van der Waals surface area contributed by atoms with E-state index in [1.165, 1.54) is 24.3 Å². The number of para-hydroxylation sites is 1. The maximum atomic E-state index is 13.4. The Morgan fingerprint density at radius 1 is 1.15 bits per heavy atom. The number of carbonyl (C=O) groups excluding carboxylic acids is 1. The number of nitrogens with zero attached hydrogens (tertiary/aromatic N) is 2. The van der Waals surface area contributed by atoms with Gasteiger partial charge in [-0.2, -0.15) is 0 Å². The minimum absolute atomic E-state index is 0.0272. The van der Waals surface area contributed by atoms with Crippen LogP contribution in [0.1, 0.15) is 23.2 Å². The number of benzene rings is 2. The minimum atomic E-state index is -0.691. The molecule has 7 nitrogen and oxygen atoms in total. The van der Waals surface area contributed by atoms with Crippen LogP contribution in [-0.2, 0) is 4.74 Å². The van der Waals surface area contributed by atoms with Crippen LogP contribution in [0, 0.1) is 15.9 Å². The highest BCUT2D eigenvalue weighted by Gasteiger charge is 2.24. The van der Waals surface area contributed by atoms with Crippen molar-refractivity contribution in [3.05, 3.63) is 64.0 Å². The molecule has 0 aliphatic carbocycles. The van der Waals surface area contributed by atoms with Crippen molar-refractivity contribution in [3.63, 3.8) is 0 Å². The molecule has 27 heavy (non-hydrogen) atoms. The molecular formula is C19H19FN2O5. The number of hydrogen-bond donors (Lipinski definition) is 0. The number of nitro groups is 1. The van der Waals surface area contributed by atoms with Crippen LogP contribution in [0.2, 0.25) is 0 Å². The van der Waals surface area contributed by atoms with E-state index in [9.17, 15) is 19.3 Å². The number of esters is 1. The Hall–Kier alpha value is -3.16. The van der Waals surface area contributed by atoms with Crippen molar-refractivity contribution >= 4 is 17.3 Å². The molecule has 0 radical (unpaired) electrons. The van der Waals surface area contributed by atoms with Gasteiger partial charge < -0.3 is 14.4 Å².